The minimum absolute atomic E-state index is 0.278. The van der Waals surface area contributed by atoms with Crippen LogP contribution in [-0.4, -0.2) is 50.9 Å². The molecule has 1 fully saturated rings. The molecule has 0 atom stereocenters. The van der Waals surface area contributed by atoms with Crippen LogP contribution in [0.3, 0.4) is 0 Å². The lowest BCUT2D eigenvalue weighted by molar-refractivity contribution is 0.579. The van der Waals surface area contributed by atoms with Crippen molar-refractivity contribution in [1.82, 2.24) is 30.0 Å². The fourth-order valence-corrected chi connectivity index (χ4v) is 2.62. The molecule has 1 saturated heterocycles. The number of aromatic nitrogens is 5. The van der Waals surface area contributed by atoms with Crippen LogP contribution >= 0.6 is 0 Å². The van der Waals surface area contributed by atoms with Gasteiger partial charge in [0.15, 0.2) is 0 Å². The number of hydrogen-bond acceptors (Lipinski definition) is 7. The van der Waals surface area contributed by atoms with Crippen molar-refractivity contribution in [1.29, 1.82) is 0 Å². The molecular formula is C16H17FN8. The van der Waals surface area contributed by atoms with Crippen molar-refractivity contribution in [2.24, 2.45) is 0 Å². The Balaban J connectivity index is 1.69. The highest BCUT2D eigenvalue weighted by Crippen LogP contribution is 2.21. The van der Waals surface area contributed by atoms with Gasteiger partial charge in [0.25, 0.3) is 0 Å². The zero-order valence-corrected chi connectivity index (χ0v) is 13.4. The number of anilines is 3. The first-order valence-corrected chi connectivity index (χ1v) is 8.00. The van der Waals surface area contributed by atoms with Crippen molar-refractivity contribution in [3.8, 4) is 5.82 Å². The molecule has 2 aromatic heterocycles. The van der Waals surface area contributed by atoms with E-state index < -0.39 is 0 Å². The quantitative estimate of drug-likeness (QED) is 0.742. The third kappa shape index (κ3) is 3.56. The summed E-state index contributed by atoms with van der Waals surface area (Å²) in [6, 6.07) is 7.95. The van der Waals surface area contributed by atoms with E-state index in [0.29, 0.717) is 17.6 Å². The average molecular weight is 340 g/mol. The Morgan fingerprint density at radius 2 is 1.72 bits per heavy atom. The zero-order valence-electron chi connectivity index (χ0n) is 13.4. The van der Waals surface area contributed by atoms with Gasteiger partial charge < -0.3 is 15.5 Å². The van der Waals surface area contributed by atoms with Crippen molar-refractivity contribution < 1.29 is 4.39 Å². The van der Waals surface area contributed by atoms with Gasteiger partial charge in [-0.3, -0.25) is 4.57 Å². The van der Waals surface area contributed by atoms with Crippen molar-refractivity contribution in [2.45, 2.75) is 0 Å². The van der Waals surface area contributed by atoms with Gasteiger partial charge in [0.1, 0.15) is 30.1 Å². The second kappa shape index (κ2) is 6.81. The van der Waals surface area contributed by atoms with Gasteiger partial charge in [-0.25, -0.2) is 4.39 Å². The molecule has 0 unspecified atom stereocenters. The minimum atomic E-state index is -0.278. The fourth-order valence-electron chi connectivity index (χ4n) is 2.62. The standard InChI is InChI=1S/C16H17FN8/c17-12-1-3-13(4-2-12)21-14-9-15(25-10-19-20-11-25)23-16(22-14)24-7-5-18-6-8-24/h1-4,9-11,18H,5-8H2,(H,21,22,23). The molecule has 0 aliphatic carbocycles. The van der Waals surface area contributed by atoms with Crippen LogP contribution in [0.1, 0.15) is 0 Å². The first-order chi connectivity index (χ1) is 12.3. The van der Waals surface area contributed by atoms with Crippen molar-refractivity contribution in [3.05, 3.63) is 48.8 Å². The van der Waals surface area contributed by atoms with E-state index in [4.69, 9.17) is 0 Å². The van der Waals surface area contributed by atoms with E-state index >= 15 is 0 Å². The molecule has 0 radical (unpaired) electrons. The number of hydrogen-bond donors (Lipinski definition) is 2. The molecule has 1 aliphatic rings. The van der Waals surface area contributed by atoms with Crippen LogP contribution in [-0.2, 0) is 0 Å². The van der Waals surface area contributed by atoms with Crippen molar-refractivity contribution in [3.63, 3.8) is 0 Å². The third-order valence-corrected chi connectivity index (χ3v) is 3.90. The smallest absolute Gasteiger partial charge is 0.229 e. The Morgan fingerprint density at radius 3 is 2.44 bits per heavy atom. The molecule has 25 heavy (non-hydrogen) atoms. The fraction of sp³-hybridized carbons (Fsp3) is 0.250. The van der Waals surface area contributed by atoms with Gasteiger partial charge in [-0.05, 0) is 24.3 Å². The maximum Gasteiger partial charge on any atom is 0.229 e. The van der Waals surface area contributed by atoms with Crippen molar-refractivity contribution >= 4 is 17.5 Å². The summed E-state index contributed by atoms with van der Waals surface area (Å²) in [5.74, 6) is 1.65. The van der Waals surface area contributed by atoms with Gasteiger partial charge in [0.05, 0.1) is 0 Å². The summed E-state index contributed by atoms with van der Waals surface area (Å²) in [7, 11) is 0. The van der Waals surface area contributed by atoms with Gasteiger partial charge in [-0.2, -0.15) is 9.97 Å². The number of halogens is 1. The maximum absolute atomic E-state index is 13.1. The van der Waals surface area contributed by atoms with Crippen LogP contribution < -0.4 is 15.5 Å². The van der Waals surface area contributed by atoms with Gasteiger partial charge in [0.2, 0.25) is 5.95 Å². The highest BCUT2D eigenvalue weighted by Gasteiger charge is 2.16. The van der Waals surface area contributed by atoms with Crippen LogP contribution in [0.2, 0.25) is 0 Å². The molecular weight excluding hydrogens is 323 g/mol. The Kier molecular flexibility index (Phi) is 4.21. The van der Waals surface area contributed by atoms with Crippen LogP contribution in [0.5, 0.6) is 0 Å². The molecule has 0 spiro atoms. The predicted molar refractivity (Wildman–Crippen MR) is 91.7 cm³/mol. The van der Waals surface area contributed by atoms with Crippen LogP contribution in [0.25, 0.3) is 5.82 Å². The van der Waals surface area contributed by atoms with Gasteiger partial charge in [-0.1, -0.05) is 0 Å². The Labute approximate surface area is 143 Å². The molecule has 0 bridgehead atoms. The molecule has 0 amide bonds. The van der Waals surface area contributed by atoms with Gasteiger partial charge >= 0.3 is 0 Å². The number of nitrogens with one attached hydrogen (secondary N) is 2. The second-order valence-corrected chi connectivity index (χ2v) is 5.65. The van der Waals surface area contributed by atoms with E-state index in [-0.39, 0.29) is 5.82 Å². The van der Waals surface area contributed by atoms with E-state index in [2.05, 4.69) is 35.7 Å². The summed E-state index contributed by atoms with van der Waals surface area (Å²) < 4.78 is 14.8. The lowest BCUT2D eigenvalue weighted by atomic mass is 10.3. The molecule has 3 aromatic rings. The topological polar surface area (TPSA) is 83.8 Å². The molecule has 9 heteroatoms. The number of benzene rings is 1. The summed E-state index contributed by atoms with van der Waals surface area (Å²) >= 11 is 0. The summed E-state index contributed by atoms with van der Waals surface area (Å²) in [6.45, 7) is 3.45. The molecule has 4 rings (SSSR count). The molecule has 128 valence electrons. The highest BCUT2D eigenvalue weighted by molar-refractivity contribution is 5.59. The first kappa shape index (κ1) is 15.5. The molecule has 3 heterocycles. The number of piperazine rings is 1. The van der Waals surface area contributed by atoms with Gasteiger partial charge in [0, 0.05) is 37.9 Å². The summed E-state index contributed by atoms with van der Waals surface area (Å²) in [5.41, 5.74) is 0.751. The summed E-state index contributed by atoms with van der Waals surface area (Å²) in [4.78, 5) is 11.4. The van der Waals surface area contributed by atoms with Crippen molar-refractivity contribution in [2.75, 3.05) is 36.4 Å². The summed E-state index contributed by atoms with van der Waals surface area (Å²) in [5, 5.41) is 14.2. The largest absolute Gasteiger partial charge is 0.340 e. The normalized spacial score (nSPS) is 14.5. The first-order valence-electron chi connectivity index (χ1n) is 8.00. The van der Waals surface area contributed by atoms with E-state index in [9.17, 15) is 4.39 Å². The van der Waals surface area contributed by atoms with Crippen LogP contribution in [0.15, 0.2) is 43.0 Å². The Morgan fingerprint density at radius 1 is 1.00 bits per heavy atom. The van der Waals surface area contributed by atoms with E-state index in [1.54, 1.807) is 35.4 Å². The lowest BCUT2D eigenvalue weighted by Crippen LogP contribution is -2.44. The van der Waals surface area contributed by atoms with Gasteiger partial charge in [-0.15, -0.1) is 10.2 Å². The second-order valence-electron chi connectivity index (χ2n) is 5.65. The highest BCUT2D eigenvalue weighted by atomic mass is 19.1. The van der Waals surface area contributed by atoms with Crippen LogP contribution in [0, 0.1) is 5.82 Å². The lowest BCUT2D eigenvalue weighted by Gasteiger charge is -2.28. The average Bonchev–Trinajstić information content (AvgIpc) is 3.19. The molecule has 1 aliphatic heterocycles. The Hall–Kier alpha value is -3.07. The van der Waals surface area contributed by atoms with E-state index in [0.717, 1.165) is 31.9 Å². The molecule has 2 N–H and O–H groups in total. The third-order valence-electron chi connectivity index (χ3n) is 3.90. The number of rotatable bonds is 4. The van der Waals surface area contributed by atoms with E-state index in [1.165, 1.54) is 12.1 Å². The summed E-state index contributed by atoms with van der Waals surface area (Å²) in [6.07, 6.45) is 3.18. The zero-order chi connectivity index (χ0) is 17.1. The number of nitrogens with zero attached hydrogens (tertiary/aromatic N) is 6. The molecule has 1 aromatic carbocycles. The SMILES string of the molecule is Fc1ccc(Nc2cc(-n3cnnc3)nc(N3CCNCC3)n2)cc1. The van der Waals surface area contributed by atoms with Crippen LogP contribution in [0.4, 0.5) is 21.8 Å². The van der Waals surface area contributed by atoms with E-state index in [1.807, 2.05) is 0 Å². The molecule has 0 saturated carbocycles. The Bertz CT molecular complexity index is 828. The molecule has 8 nitrogen and oxygen atoms in total. The monoisotopic (exact) mass is 340 g/mol. The predicted octanol–water partition coefficient (Wildman–Crippen LogP) is 1.35. The maximum atomic E-state index is 13.1. The minimum Gasteiger partial charge on any atom is -0.340 e.